The van der Waals surface area contributed by atoms with E-state index in [1.54, 1.807) is 0 Å². The molecule has 0 aromatic heterocycles. The van der Waals surface area contributed by atoms with Gasteiger partial charge in [0.1, 0.15) is 0 Å². The minimum Gasteiger partial charge on any atom is -0.396 e. The summed E-state index contributed by atoms with van der Waals surface area (Å²) in [6, 6.07) is -0.121. The third kappa shape index (κ3) is 6.64. The highest BCUT2D eigenvalue weighted by molar-refractivity contribution is 5.77. The summed E-state index contributed by atoms with van der Waals surface area (Å²) >= 11 is 0. The summed E-state index contributed by atoms with van der Waals surface area (Å²) in [4.78, 5) is 11.8. The fraction of sp³-hybridized carbons (Fsp3) is 0.923. The highest BCUT2D eigenvalue weighted by Crippen LogP contribution is 2.21. The molecule has 2 unspecified atom stereocenters. The van der Waals surface area contributed by atoms with E-state index < -0.39 is 0 Å². The van der Waals surface area contributed by atoms with E-state index >= 15 is 0 Å². The molecular formula is C13H28N2O2. The van der Waals surface area contributed by atoms with Gasteiger partial charge in [0.2, 0.25) is 5.91 Å². The van der Waals surface area contributed by atoms with E-state index in [0.29, 0.717) is 18.8 Å². The van der Waals surface area contributed by atoms with Crippen LogP contribution in [-0.4, -0.2) is 29.7 Å². The molecular weight excluding hydrogens is 216 g/mol. The molecule has 4 heteroatoms. The third-order valence-electron chi connectivity index (χ3n) is 3.08. The Labute approximate surface area is 105 Å². The van der Waals surface area contributed by atoms with Crippen LogP contribution in [0.1, 0.15) is 47.5 Å². The number of hydrogen-bond acceptors (Lipinski definition) is 3. The molecule has 0 saturated heterocycles. The summed E-state index contributed by atoms with van der Waals surface area (Å²) in [6.45, 7) is 10.3. The van der Waals surface area contributed by atoms with Gasteiger partial charge in [0, 0.05) is 25.1 Å². The van der Waals surface area contributed by atoms with Crippen LogP contribution in [-0.2, 0) is 4.79 Å². The van der Waals surface area contributed by atoms with Gasteiger partial charge < -0.3 is 16.2 Å². The molecule has 0 fully saturated rings. The first-order valence-electron chi connectivity index (χ1n) is 6.34. The lowest BCUT2D eigenvalue weighted by molar-refractivity contribution is -0.123. The van der Waals surface area contributed by atoms with Crippen LogP contribution in [0.15, 0.2) is 0 Å². The van der Waals surface area contributed by atoms with Crippen LogP contribution in [0, 0.1) is 11.3 Å². The van der Waals surface area contributed by atoms with Crippen LogP contribution in [0.3, 0.4) is 0 Å². The van der Waals surface area contributed by atoms with Gasteiger partial charge in [-0.3, -0.25) is 4.79 Å². The Morgan fingerprint density at radius 2 is 1.88 bits per heavy atom. The minimum atomic E-state index is -0.107. The highest BCUT2D eigenvalue weighted by Gasteiger charge is 2.26. The zero-order valence-corrected chi connectivity index (χ0v) is 11.8. The van der Waals surface area contributed by atoms with Gasteiger partial charge in [-0.05, 0) is 17.8 Å². The Morgan fingerprint density at radius 3 is 2.24 bits per heavy atom. The first kappa shape index (κ1) is 16.4. The molecule has 0 radical (unpaired) electrons. The number of hydrogen-bond donors (Lipinski definition) is 3. The van der Waals surface area contributed by atoms with E-state index in [2.05, 4.69) is 26.1 Å². The summed E-state index contributed by atoms with van der Waals surface area (Å²) < 4.78 is 0. The topological polar surface area (TPSA) is 75.4 Å². The number of nitrogens with one attached hydrogen (secondary N) is 1. The van der Waals surface area contributed by atoms with E-state index in [9.17, 15) is 4.79 Å². The average Bonchev–Trinajstić information content (AvgIpc) is 2.15. The van der Waals surface area contributed by atoms with Crippen molar-refractivity contribution in [2.75, 3.05) is 6.61 Å². The normalized spacial score (nSPS) is 15.8. The molecule has 0 saturated carbocycles. The maximum atomic E-state index is 11.8. The summed E-state index contributed by atoms with van der Waals surface area (Å²) in [6.07, 6.45) is 0.918. The van der Waals surface area contributed by atoms with E-state index in [1.165, 1.54) is 0 Å². The zero-order chi connectivity index (χ0) is 13.6. The number of aliphatic hydroxyl groups is 1. The number of amides is 1. The van der Waals surface area contributed by atoms with Gasteiger partial charge in [-0.2, -0.15) is 0 Å². The van der Waals surface area contributed by atoms with Crippen molar-refractivity contribution < 1.29 is 9.90 Å². The summed E-state index contributed by atoms with van der Waals surface area (Å²) in [5, 5.41) is 12.0. The molecule has 0 heterocycles. The second kappa shape index (κ2) is 6.97. The molecule has 0 rings (SSSR count). The number of carbonyl (C=O) groups excluding carboxylic acids is 1. The first-order chi connectivity index (χ1) is 7.68. The van der Waals surface area contributed by atoms with E-state index in [4.69, 9.17) is 10.8 Å². The summed E-state index contributed by atoms with van der Waals surface area (Å²) in [7, 11) is 0. The Morgan fingerprint density at radius 1 is 1.35 bits per heavy atom. The van der Waals surface area contributed by atoms with Crippen LogP contribution in [0.25, 0.3) is 0 Å². The van der Waals surface area contributed by atoms with Crippen LogP contribution >= 0.6 is 0 Å². The van der Waals surface area contributed by atoms with Crippen LogP contribution in [0.4, 0.5) is 0 Å². The van der Waals surface area contributed by atoms with Gasteiger partial charge in [0.25, 0.3) is 0 Å². The van der Waals surface area contributed by atoms with E-state index in [-0.39, 0.29) is 30.0 Å². The van der Waals surface area contributed by atoms with Crippen molar-refractivity contribution in [1.82, 2.24) is 5.32 Å². The van der Waals surface area contributed by atoms with Crippen molar-refractivity contribution in [2.45, 2.75) is 59.5 Å². The Balaban J connectivity index is 4.32. The first-order valence-corrected chi connectivity index (χ1v) is 6.34. The Bertz CT molecular complexity index is 234. The largest absolute Gasteiger partial charge is 0.396 e. The average molecular weight is 244 g/mol. The maximum absolute atomic E-state index is 11.8. The molecule has 0 spiro atoms. The molecule has 4 N–H and O–H groups in total. The van der Waals surface area contributed by atoms with E-state index in [1.807, 2.05) is 13.8 Å². The van der Waals surface area contributed by atoms with Gasteiger partial charge >= 0.3 is 0 Å². The number of rotatable bonds is 6. The van der Waals surface area contributed by atoms with Gasteiger partial charge in [-0.25, -0.2) is 0 Å². The molecule has 0 aliphatic carbocycles. The molecule has 0 aliphatic rings. The molecule has 0 aromatic carbocycles. The van der Waals surface area contributed by atoms with Gasteiger partial charge in [0.15, 0.2) is 0 Å². The lowest BCUT2D eigenvalue weighted by Gasteiger charge is -2.31. The third-order valence-corrected chi connectivity index (χ3v) is 3.08. The smallest absolute Gasteiger partial charge is 0.221 e. The quantitative estimate of drug-likeness (QED) is 0.658. The molecule has 17 heavy (non-hydrogen) atoms. The van der Waals surface area contributed by atoms with Crippen molar-refractivity contribution >= 4 is 5.91 Å². The lowest BCUT2D eigenvalue weighted by atomic mass is 9.84. The molecule has 4 nitrogen and oxygen atoms in total. The number of nitrogens with two attached hydrogens (primary N) is 1. The molecule has 0 bridgehead atoms. The predicted molar refractivity (Wildman–Crippen MR) is 70.5 cm³/mol. The van der Waals surface area contributed by atoms with Crippen molar-refractivity contribution in [1.29, 1.82) is 0 Å². The monoisotopic (exact) mass is 244 g/mol. The molecule has 0 aromatic rings. The standard InChI is InChI=1S/C13H28N2O2/c1-9(2)10(14)8-12(17)15-11(6-7-16)13(3,4)5/h9-11,16H,6-8,14H2,1-5H3,(H,15,17). The Hall–Kier alpha value is -0.610. The lowest BCUT2D eigenvalue weighted by Crippen LogP contribution is -2.46. The Kier molecular flexibility index (Phi) is 6.72. The molecule has 2 atom stereocenters. The number of carbonyl (C=O) groups is 1. The van der Waals surface area contributed by atoms with Crippen LogP contribution < -0.4 is 11.1 Å². The van der Waals surface area contributed by atoms with E-state index in [0.717, 1.165) is 0 Å². The predicted octanol–water partition coefficient (Wildman–Crippen LogP) is 1.27. The van der Waals surface area contributed by atoms with Crippen molar-refractivity contribution in [3.63, 3.8) is 0 Å². The SMILES string of the molecule is CC(C)C(N)CC(=O)NC(CCO)C(C)(C)C. The second-order valence-electron chi connectivity index (χ2n) is 6.11. The highest BCUT2D eigenvalue weighted by atomic mass is 16.3. The summed E-state index contributed by atoms with van der Waals surface area (Å²) in [5.41, 5.74) is 5.81. The molecule has 102 valence electrons. The number of aliphatic hydroxyl groups excluding tert-OH is 1. The fourth-order valence-corrected chi connectivity index (χ4v) is 1.55. The van der Waals surface area contributed by atoms with Crippen molar-refractivity contribution in [2.24, 2.45) is 17.1 Å². The van der Waals surface area contributed by atoms with Crippen LogP contribution in [0.5, 0.6) is 0 Å². The minimum absolute atomic E-state index is 0.0145. The summed E-state index contributed by atoms with van der Waals surface area (Å²) in [5.74, 6) is 0.270. The maximum Gasteiger partial charge on any atom is 0.221 e. The fourth-order valence-electron chi connectivity index (χ4n) is 1.55. The van der Waals surface area contributed by atoms with Crippen molar-refractivity contribution in [3.8, 4) is 0 Å². The zero-order valence-electron chi connectivity index (χ0n) is 11.8. The second-order valence-corrected chi connectivity index (χ2v) is 6.11. The van der Waals surface area contributed by atoms with Gasteiger partial charge in [-0.15, -0.1) is 0 Å². The van der Waals surface area contributed by atoms with Crippen molar-refractivity contribution in [3.05, 3.63) is 0 Å². The molecule has 0 aliphatic heterocycles. The van der Waals surface area contributed by atoms with Crippen LogP contribution in [0.2, 0.25) is 0 Å². The molecule has 1 amide bonds. The van der Waals surface area contributed by atoms with Gasteiger partial charge in [0.05, 0.1) is 0 Å². The van der Waals surface area contributed by atoms with Gasteiger partial charge in [-0.1, -0.05) is 34.6 Å².